The molecule has 35 heavy (non-hydrogen) atoms. The van der Waals surface area contributed by atoms with Crippen molar-refractivity contribution in [2.45, 2.75) is 38.5 Å². The first kappa shape index (κ1) is 23.2. The molecule has 2 aliphatic heterocycles. The lowest BCUT2D eigenvalue weighted by Gasteiger charge is -2.47. The van der Waals surface area contributed by atoms with E-state index < -0.39 is 12.1 Å². The first-order chi connectivity index (χ1) is 16.9. The van der Waals surface area contributed by atoms with Gasteiger partial charge in [-0.05, 0) is 43.2 Å². The third kappa shape index (κ3) is 4.01. The number of hydrogen-bond donors (Lipinski definition) is 1. The van der Waals surface area contributed by atoms with Gasteiger partial charge in [0, 0.05) is 36.7 Å². The summed E-state index contributed by atoms with van der Waals surface area (Å²) < 4.78 is 16.7. The summed E-state index contributed by atoms with van der Waals surface area (Å²) >= 11 is 0. The van der Waals surface area contributed by atoms with Crippen LogP contribution in [0.2, 0.25) is 0 Å². The fourth-order valence-electron chi connectivity index (χ4n) is 5.27. The van der Waals surface area contributed by atoms with Crippen molar-refractivity contribution in [1.82, 2.24) is 14.8 Å². The molecule has 2 aromatic carbocycles. The van der Waals surface area contributed by atoms with Crippen molar-refractivity contribution in [3.63, 3.8) is 0 Å². The van der Waals surface area contributed by atoms with Gasteiger partial charge in [0.15, 0.2) is 11.5 Å². The molecule has 5 rings (SSSR count). The van der Waals surface area contributed by atoms with Crippen molar-refractivity contribution in [1.29, 1.82) is 0 Å². The summed E-state index contributed by atoms with van der Waals surface area (Å²) in [6.07, 6.45) is 0.462. The summed E-state index contributed by atoms with van der Waals surface area (Å²) in [5.41, 5.74) is 3.86. The number of nitrogens with one attached hydrogen (secondary N) is 1. The molecule has 0 bridgehead atoms. The molecular formula is C27H31N3O5. The van der Waals surface area contributed by atoms with Gasteiger partial charge in [0.05, 0.1) is 32.4 Å². The van der Waals surface area contributed by atoms with Crippen molar-refractivity contribution >= 4 is 22.7 Å². The number of carbonyl (C=O) groups is 2. The maximum Gasteiger partial charge on any atom is 0.246 e. The Labute approximate surface area is 204 Å². The van der Waals surface area contributed by atoms with Gasteiger partial charge in [-0.25, -0.2) is 0 Å². The van der Waals surface area contributed by atoms with Crippen LogP contribution in [0.4, 0.5) is 0 Å². The molecule has 1 fully saturated rings. The van der Waals surface area contributed by atoms with Crippen LogP contribution >= 0.6 is 0 Å². The van der Waals surface area contributed by atoms with Crippen LogP contribution in [0, 0.1) is 0 Å². The van der Waals surface area contributed by atoms with Crippen molar-refractivity contribution in [3.8, 4) is 11.5 Å². The Balaban J connectivity index is 1.65. The molecule has 3 heterocycles. The van der Waals surface area contributed by atoms with E-state index in [9.17, 15) is 9.59 Å². The SMILES string of the molecule is COCCN1CC(=O)N2[C@H](c3ccc(OC(C)C)c(OC)c3)c3[nH]c4ccccc4c3C[C@H]2C1=O. The number of ether oxygens (including phenoxy) is 3. The lowest BCUT2D eigenvalue weighted by molar-refractivity contribution is -0.159. The number of aromatic amines is 1. The number of nitrogens with zero attached hydrogens (tertiary/aromatic N) is 2. The number of rotatable bonds is 7. The number of amides is 2. The van der Waals surface area contributed by atoms with Gasteiger partial charge in [-0.15, -0.1) is 0 Å². The van der Waals surface area contributed by atoms with Crippen LogP contribution in [0.5, 0.6) is 11.5 Å². The number of benzene rings is 2. The van der Waals surface area contributed by atoms with Crippen LogP contribution < -0.4 is 9.47 Å². The maximum atomic E-state index is 13.6. The number of fused-ring (bicyclic) bond motifs is 4. The molecule has 2 amide bonds. The van der Waals surface area contributed by atoms with Gasteiger partial charge >= 0.3 is 0 Å². The molecule has 1 aromatic heterocycles. The highest BCUT2D eigenvalue weighted by molar-refractivity contribution is 5.97. The van der Waals surface area contributed by atoms with E-state index >= 15 is 0 Å². The molecular weight excluding hydrogens is 446 g/mol. The van der Waals surface area contributed by atoms with E-state index in [4.69, 9.17) is 14.2 Å². The summed E-state index contributed by atoms with van der Waals surface area (Å²) in [4.78, 5) is 34.0. The minimum atomic E-state index is -0.581. The Morgan fingerprint density at radius 2 is 1.89 bits per heavy atom. The number of methoxy groups -OCH3 is 2. The monoisotopic (exact) mass is 477 g/mol. The lowest BCUT2D eigenvalue weighted by Crippen LogP contribution is -2.63. The van der Waals surface area contributed by atoms with Crippen LogP contribution in [-0.2, 0) is 20.7 Å². The third-order valence-electron chi connectivity index (χ3n) is 6.77. The summed E-state index contributed by atoms with van der Waals surface area (Å²) in [6.45, 7) is 4.75. The Kier molecular flexibility index (Phi) is 6.15. The fourth-order valence-corrected chi connectivity index (χ4v) is 5.27. The molecule has 0 saturated carbocycles. The third-order valence-corrected chi connectivity index (χ3v) is 6.77. The van der Waals surface area contributed by atoms with Gasteiger partial charge in [0.2, 0.25) is 11.8 Å². The Hall–Kier alpha value is -3.52. The van der Waals surface area contributed by atoms with Gasteiger partial charge in [-0.3, -0.25) is 9.59 Å². The van der Waals surface area contributed by atoms with Gasteiger partial charge in [-0.2, -0.15) is 0 Å². The summed E-state index contributed by atoms with van der Waals surface area (Å²) in [5, 5.41) is 1.08. The average Bonchev–Trinajstić information content (AvgIpc) is 3.22. The van der Waals surface area contributed by atoms with E-state index in [-0.39, 0.29) is 24.5 Å². The quantitative estimate of drug-likeness (QED) is 0.565. The zero-order valence-corrected chi connectivity index (χ0v) is 20.5. The highest BCUT2D eigenvalue weighted by Gasteiger charge is 2.48. The number of hydrogen-bond acceptors (Lipinski definition) is 5. The average molecular weight is 478 g/mol. The molecule has 3 aromatic rings. The summed E-state index contributed by atoms with van der Waals surface area (Å²) in [7, 11) is 3.20. The lowest BCUT2D eigenvalue weighted by atomic mass is 9.86. The molecule has 8 nitrogen and oxygen atoms in total. The van der Waals surface area contributed by atoms with Gasteiger partial charge < -0.3 is 29.0 Å². The minimum absolute atomic E-state index is 0.00602. The molecule has 0 spiro atoms. The fraction of sp³-hybridized carbons (Fsp3) is 0.407. The second-order valence-electron chi connectivity index (χ2n) is 9.32. The van der Waals surface area contributed by atoms with E-state index in [0.29, 0.717) is 31.1 Å². The zero-order valence-electron chi connectivity index (χ0n) is 20.5. The van der Waals surface area contributed by atoms with E-state index in [0.717, 1.165) is 27.7 Å². The first-order valence-electron chi connectivity index (χ1n) is 12.0. The molecule has 0 unspecified atom stereocenters. The standard InChI is InChI=1S/C27H31N3O5/c1-16(2)35-22-10-9-17(13-23(22)34-4)26-25-19(18-7-5-6-8-20(18)28-25)14-21-27(32)29(11-12-33-3)15-24(31)30(21)26/h5-10,13,16,21,26,28H,11-12,14-15H2,1-4H3/t21-,26+/m0/s1. The van der Waals surface area contributed by atoms with Gasteiger partial charge in [0.1, 0.15) is 6.04 Å². The molecule has 1 N–H and O–H groups in total. The summed E-state index contributed by atoms with van der Waals surface area (Å²) in [5.74, 6) is 1.10. The molecule has 2 atom stereocenters. The highest BCUT2D eigenvalue weighted by atomic mass is 16.5. The smallest absolute Gasteiger partial charge is 0.246 e. The van der Waals surface area contributed by atoms with Crippen molar-refractivity contribution in [3.05, 3.63) is 59.3 Å². The molecule has 2 aliphatic rings. The zero-order chi connectivity index (χ0) is 24.7. The van der Waals surface area contributed by atoms with Crippen molar-refractivity contribution in [2.75, 3.05) is 33.9 Å². The number of para-hydroxylation sites is 1. The molecule has 184 valence electrons. The largest absolute Gasteiger partial charge is 0.493 e. The summed E-state index contributed by atoms with van der Waals surface area (Å²) in [6, 6.07) is 12.8. The molecule has 8 heteroatoms. The Morgan fingerprint density at radius 1 is 1.09 bits per heavy atom. The van der Waals surface area contributed by atoms with E-state index in [1.54, 1.807) is 24.0 Å². The van der Waals surface area contributed by atoms with Gasteiger partial charge in [-0.1, -0.05) is 24.3 Å². The van der Waals surface area contributed by atoms with Crippen LogP contribution in [0.25, 0.3) is 10.9 Å². The van der Waals surface area contributed by atoms with Crippen LogP contribution in [-0.4, -0.2) is 72.7 Å². The number of H-pyrrole nitrogens is 1. The van der Waals surface area contributed by atoms with E-state index in [1.807, 2.05) is 50.2 Å². The van der Waals surface area contributed by atoms with Gasteiger partial charge in [0.25, 0.3) is 0 Å². The van der Waals surface area contributed by atoms with E-state index in [1.165, 1.54) is 0 Å². The van der Waals surface area contributed by atoms with Crippen LogP contribution in [0.1, 0.15) is 36.7 Å². The normalized spacial score (nSPS) is 19.8. The van der Waals surface area contributed by atoms with Crippen LogP contribution in [0.3, 0.4) is 0 Å². The topological polar surface area (TPSA) is 84.1 Å². The predicted molar refractivity (Wildman–Crippen MR) is 132 cm³/mol. The van der Waals surface area contributed by atoms with Crippen molar-refractivity contribution < 1.29 is 23.8 Å². The second-order valence-corrected chi connectivity index (χ2v) is 9.32. The Bertz CT molecular complexity index is 1270. The van der Waals surface area contributed by atoms with Crippen molar-refractivity contribution in [2.24, 2.45) is 0 Å². The maximum absolute atomic E-state index is 13.6. The molecule has 0 aliphatic carbocycles. The second kappa shape index (κ2) is 9.26. The molecule has 1 saturated heterocycles. The minimum Gasteiger partial charge on any atom is -0.493 e. The molecule has 0 radical (unpaired) electrons. The van der Waals surface area contributed by atoms with E-state index in [2.05, 4.69) is 11.1 Å². The highest BCUT2D eigenvalue weighted by Crippen LogP contribution is 2.44. The number of carbonyl (C=O) groups excluding carboxylic acids is 2. The predicted octanol–water partition coefficient (Wildman–Crippen LogP) is 3.30. The Morgan fingerprint density at radius 3 is 2.63 bits per heavy atom. The number of aromatic nitrogens is 1. The first-order valence-corrected chi connectivity index (χ1v) is 12.0. The van der Waals surface area contributed by atoms with Crippen LogP contribution in [0.15, 0.2) is 42.5 Å². The number of piperazine rings is 1.